The topological polar surface area (TPSA) is 106 Å². The molecule has 4 rings (SSSR count). The third-order valence-electron chi connectivity index (χ3n) is 6.28. The van der Waals surface area contributed by atoms with Gasteiger partial charge in [-0.2, -0.15) is 0 Å². The first-order valence-electron chi connectivity index (χ1n) is 11.3. The summed E-state index contributed by atoms with van der Waals surface area (Å²) in [6.45, 7) is 2.15. The number of hydrogen-bond acceptors (Lipinski definition) is 6. The Kier molecular flexibility index (Phi) is 7.02. The number of methoxy groups -OCH3 is 1. The molecule has 34 heavy (non-hydrogen) atoms. The quantitative estimate of drug-likeness (QED) is 0.666. The van der Waals surface area contributed by atoms with Gasteiger partial charge in [0.15, 0.2) is 0 Å². The fourth-order valence-electron chi connectivity index (χ4n) is 4.37. The van der Waals surface area contributed by atoms with Gasteiger partial charge < -0.3 is 29.7 Å². The second-order valence-electron chi connectivity index (χ2n) is 8.55. The number of carbonyl (C=O) groups is 3. The third kappa shape index (κ3) is 5.14. The monoisotopic (exact) mass is 467 g/mol. The second-order valence-corrected chi connectivity index (χ2v) is 8.55. The summed E-state index contributed by atoms with van der Waals surface area (Å²) in [5.74, 6) is -0.127. The highest BCUT2D eigenvalue weighted by molar-refractivity contribution is 6.02. The van der Waals surface area contributed by atoms with Gasteiger partial charge in [0.05, 0.1) is 31.2 Å². The van der Waals surface area contributed by atoms with Crippen LogP contribution in [0.15, 0.2) is 42.5 Å². The summed E-state index contributed by atoms with van der Waals surface area (Å²) < 4.78 is 16.8. The van der Waals surface area contributed by atoms with Gasteiger partial charge in [-0.05, 0) is 49.6 Å². The molecule has 9 heteroatoms. The largest absolute Gasteiger partial charge is 0.490 e. The van der Waals surface area contributed by atoms with Crippen molar-refractivity contribution in [3.05, 3.63) is 53.6 Å². The Balaban J connectivity index is 1.48. The molecule has 1 saturated heterocycles. The summed E-state index contributed by atoms with van der Waals surface area (Å²) in [5.41, 5.74) is 2.50. The van der Waals surface area contributed by atoms with Gasteiger partial charge >= 0.3 is 12.0 Å². The summed E-state index contributed by atoms with van der Waals surface area (Å²) in [7, 11) is 3.09. The molecule has 2 N–H and O–H groups in total. The lowest BCUT2D eigenvalue weighted by atomic mass is 9.94. The van der Waals surface area contributed by atoms with Crippen molar-refractivity contribution in [2.75, 3.05) is 31.4 Å². The highest BCUT2D eigenvalue weighted by atomic mass is 16.5. The molecule has 0 spiro atoms. The number of ether oxygens (including phenoxy) is 3. The van der Waals surface area contributed by atoms with Crippen LogP contribution in [-0.4, -0.2) is 61.8 Å². The highest BCUT2D eigenvalue weighted by Crippen LogP contribution is 2.32. The fraction of sp³-hybridized carbons (Fsp3) is 0.400. The number of amides is 3. The number of likely N-dealkylation sites (N-methyl/N-ethyl adjacent to an activating group) is 1. The summed E-state index contributed by atoms with van der Waals surface area (Å²) in [4.78, 5) is 39.1. The number of anilines is 2. The van der Waals surface area contributed by atoms with Gasteiger partial charge in [-0.1, -0.05) is 18.2 Å². The van der Waals surface area contributed by atoms with Gasteiger partial charge in [-0.3, -0.25) is 9.59 Å². The van der Waals surface area contributed by atoms with Gasteiger partial charge in [0.1, 0.15) is 18.5 Å². The molecular formula is C25H29N3O6. The summed E-state index contributed by atoms with van der Waals surface area (Å²) in [6, 6.07) is 11.9. The van der Waals surface area contributed by atoms with Crippen molar-refractivity contribution in [3.8, 4) is 5.75 Å². The van der Waals surface area contributed by atoms with E-state index in [2.05, 4.69) is 10.6 Å². The molecule has 3 amide bonds. The number of rotatable bonds is 4. The van der Waals surface area contributed by atoms with Crippen molar-refractivity contribution in [3.63, 3.8) is 0 Å². The molecule has 2 heterocycles. The van der Waals surface area contributed by atoms with Crippen molar-refractivity contribution < 1.29 is 28.6 Å². The minimum atomic E-state index is -0.404. The molecule has 9 nitrogen and oxygen atoms in total. The van der Waals surface area contributed by atoms with E-state index < -0.39 is 6.03 Å². The van der Waals surface area contributed by atoms with Crippen LogP contribution in [0.5, 0.6) is 5.75 Å². The number of urea groups is 1. The standard InChI is InChI=1S/C25H29N3O6/c1-15-6-4-5-7-19(15)27-25(31)26-16-8-11-21-18(12-16)24(30)28(2)20-10-9-17(13-23(29)32-3)34-22(20)14-33-21/h4-8,11-12,17,20,22H,9-10,13-14H2,1-3H3,(H2,26,27,31)/t17-,20-,22+/m0/s1. The molecule has 3 atom stereocenters. The SMILES string of the molecule is COC(=O)C[C@@H]1CC[C@H]2[C@@H](COc3ccc(NC(=O)Nc4ccccc4C)cc3C(=O)N2C)O1. The normalized spacial score (nSPS) is 21.8. The van der Waals surface area contributed by atoms with E-state index in [0.29, 0.717) is 35.5 Å². The fourth-order valence-corrected chi connectivity index (χ4v) is 4.37. The lowest BCUT2D eigenvalue weighted by molar-refractivity contribution is -0.151. The molecule has 0 bridgehead atoms. The van der Waals surface area contributed by atoms with E-state index in [1.54, 1.807) is 30.1 Å². The number of nitrogens with zero attached hydrogens (tertiary/aromatic N) is 1. The number of para-hydroxylation sites is 1. The molecule has 0 saturated carbocycles. The predicted octanol–water partition coefficient (Wildman–Crippen LogP) is 3.58. The van der Waals surface area contributed by atoms with Crippen molar-refractivity contribution in [1.82, 2.24) is 4.90 Å². The zero-order valence-corrected chi connectivity index (χ0v) is 19.5. The van der Waals surface area contributed by atoms with Gasteiger partial charge in [0, 0.05) is 18.4 Å². The second kappa shape index (κ2) is 10.1. The first-order chi connectivity index (χ1) is 16.4. The van der Waals surface area contributed by atoms with Gasteiger partial charge in [-0.15, -0.1) is 0 Å². The van der Waals surface area contributed by atoms with E-state index in [9.17, 15) is 14.4 Å². The van der Waals surface area contributed by atoms with E-state index >= 15 is 0 Å². The Bertz CT molecular complexity index is 1090. The summed E-state index contributed by atoms with van der Waals surface area (Å²) in [5, 5.41) is 5.59. The Morgan fingerprint density at radius 1 is 1.15 bits per heavy atom. The predicted molar refractivity (Wildman–Crippen MR) is 126 cm³/mol. The van der Waals surface area contributed by atoms with E-state index in [1.165, 1.54) is 7.11 Å². The van der Waals surface area contributed by atoms with Crippen LogP contribution in [0.3, 0.4) is 0 Å². The lowest BCUT2D eigenvalue weighted by Crippen LogP contribution is -2.53. The molecule has 2 aromatic rings. The van der Waals surface area contributed by atoms with Crippen LogP contribution < -0.4 is 15.4 Å². The molecule has 180 valence electrons. The Morgan fingerprint density at radius 2 is 1.94 bits per heavy atom. The molecule has 2 aliphatic rings. The number of carbonyl (C=O) groups excluding carboxylic acids is 3. The molecule has 0 radical (unpaired) electrons. The van der Waals surface area contributed by atoms with E-state index in [1.807, 2.05) is 31.2 Å². The maximum Gasteiger partial charge on any atom is 0.323 e. The molecule has 2 aromatic carbocycles. The molecule has 0 aromatic heterocycles. The number of hydrogen-bond donors (Lipinski definition) is 2. The minimum absolute atomic E-state index is 0.174. The van der Waals surface area contributed by atoms with Crippen LogP contribution in [0, 0.1) is 6.92 Å². The van der Waals surface area contributed by atoms with Crippen LogP contribution >= 0.6 is 0 Å². The zero-order valence-electron chi connectivity index (χ0n) is 19.5. The van der Waals surface area contributed by atoms with E-state index in [4.69, 9.17) is 14.2 Å². The Labute approximate surface area is 198 Å². The minimum Gasteiger partial charge on any atom is -0.490 e. The van der Waals surface area contributed by atoms with Crippen molar-refractivity contribution in [2.24, 2.45) is 0 Å². The van der Waals surface area contributed by atoms with Crippen molar-refractivity contribution in [2.45, 2.75) is 44.4 Å². The van der Waals surface area contributed by atoms with Gasteiger partial charge in [0.25, 0.3) is 5.91 Å². The van der Waals surface area contributed by atoms with Crippen LogP contribution in [0.25, 0.3) is 0 Å². The number of benzene rings is 2. The molecule has 1 fully saturated rings. The number of nitrogens with one attached hydrogen (secondary N) is 2. The average molecular weight is 468 g/mol. The number of fused-ring (bicyclic) bond motifs is 2. The van der Waals surface area contributed by atoms with Crippen molar-refractivity contribution >= 4 is 29.3 Å². The van der Waals surface area contributed by atoms with Crippen LogP contribution in [-0.2, 0) is 14.3 Å². The highest BCUT2D eigenvalue weighted by Gasteiger charge is 2.39. The first kappa shape index (κ1) is 23.6. The summed E-state index contributed by atoms with van der Waals surface area (Å²) >= 11 is 0. The number of esters is 1. The van der Waals surface area contributed by atoms with Crippen LogP contribution in [0.1, 0.15) is 35.2 Å². The number of aryl methyl sites for hydroxylation is 1. The first-order valence-corrected chi connectivity index (χ1v) is 11.3. The molecule has 2 aliphatic heterocycles. The molecule has 0 unspecified atom stereocenters. The molecule has 0 aliphatic carbocycles. The average Bonchev–Trinajstić information content (AvgIpc) is 2.83. The van der Waals surface area contributed by atoms with Gasteiger partial charge in [0.2, 0.25) is 0 Å². The van der Waals surface area contributed by atoms with Crippen LogP contribution in [0.4, 0.5) is 16.2 Å². The maximum atomic E-state index is 13.3. The van der Waals surface area contributed by atoms with Crippen LogP contribution in [0.2, 0.25) is 0 Å². The Morgan fingerprint density at radius 3 is 2.71 bits per heavy atom. The third-order valence-corrected chi connectivity index (χ3v) is 6.28. The van der Waals surface area contributed by atoms with E-state index in [-0.39, 0.29) is 43.2 Å². The lowest BCUT2D eigenvalue weighted by Gasteiger charge is -2.42. The summed E-state index contributed by atoms with van der Waals surface area (Å²) in [6.07, 6.45) is 0.875. The molecular weight excluding hydrogens is 438 g/mol. The van der Waals surface area contributed by atoms with Crippen molar-refractivity contribution in [1.29, 1.82) is 0 Å². The zero-order chi connectivity index (χ0) is 24.2. The maximum absolute atomic E-state index is 13.3. The Hall–Kier alpha value is -3.59. The van der Waals surface area contributed by atoms with E-state index in [0.717, 1.165) is 5.56 Å². The van der Waals surface area contributed by atoms with Gasteiger partial charge in [-0.25, -0.2) is 4.79 Å². The smallest absolute Gasteiger partial charge is 0.323 e.